The highest BCUT2D eigenvalue weighted by Gasteiger charge is 2.44. The van der Waals surface area contributed by atoms with Crippen LogP contribution < -0.4 is 0 Å². The van der Waals surface area contributed by atoms with E-state index in [9.17, 15) is 9.59 Å². The van der Waals surface area contributed by atoms with E-state index in [0.29, 0.717) is 24.7 Å². The fraction of sp³-hybridized carbons (Fsp3) is 0.733. The summed E-state index contributed by atoms with van der Waals surface area (Å²) in [5.41, 5.74) is -0.218. The van der Waals surface area contributed by atoms with Crippen LogP contribution in [0, 0.1) is 11.8 Å². The van der Waals surface area contributed by atoms with E-state index in [1.807, 2.05) is 0 Å². The minimum atomic E-state index is -1.09. The van der Waals surface area contributed by atoms with E-state index < -0.39 is 17.7 Å². The molecule has 0 saturated carbocycles. The van der Waals surface area contributed by atoms with Crippen LogP contribution in [0.3, 0.4) is 0 Å². The molecular formula is C15H24O4. The van der Waals surface area contributed by atoms with Gasteiger partial charge in [0.1, 0.15) is 5.57 Å². The quantitative estimate of drug-likeness (QED) is 0.421. The van der Waals surface area contributed by atoms with Crippen LogP contribution in [0.2, 0.25) is 0 Å². The highest BCUT2D eigenvalue weighted by atomic mass is 16.7. The molecule has 1 saturated heterocycles. The lowest BCUT2D eigenvalue weighted by Gasteiger charge is -2.37. The average molecular weight is 268 g/mol. The molecule has 4 heteroatoms. The summed E-state index contributed by atoms with van der Waals surface area (Å²) in [4.78, 5) is 23.4. The van der Waals surface area contributed by atoms with Gasteiger partial charge in [-0.3, -0.25) is 0 Å². The molecule has 0 aromatic rings. The molecular weight excluding hydrogens is 244 g/mol. The van der Waals surface area contributed by atoms with Gasteiger partial charge in [0.15, 0.2) is 0 Å². The number of hydrogen-bond donors (Lipinski definition) is 0. The Bertz CT molecular complexity index is 334. The minimum Gasteiger partial charge on any atom is -0.419 e. The van der Waals surface area contributed by atoms with Crippen molar-refractivity contribution in [2.75, 3.05) is 0 Å². The molecule has 0 aromatic heterocycles. The Balaban J connectivity index is 2.82. The van der Waals surface area contributed by atoms with Crippen LogP contribution in [0.1, 0.15) is 53.4 Å². The zero-order valence-electron chi connectivity index (χ0n) is 12.3. The summed E-state index contributed by atoms with van der Waals surface area (Å²) < 4.78 is 10.8. The Hall–Kier alpha value is -1.32. The summed E-state index contributed by atoms with van der Waals surface area (Å²) in [6.07, 6.45) is 2.76. The van der Waals surface area contributed by atoms with Crippen LogP contribution >= 0.6 is 0 Å². The summed E-state index contributed by atoms with van der Waals surface area (Å²) in [5, 5.41) is 0. The number of ether oxygens (including phenoxy) is 2. The SMILES string of the molecule is C=C1C(=O)OC(CCC(C)C)(CCC(C)C)OC1=O. The molecule has 1 heterocycles. The van der Waals surface area contributed by atoms with E-state index in [1.54, 1.807) is 0 Å². The van der Waals surface area contributed by atoms with Gasteiger partial charge < -0.3 is 9.47 Å². The van der Waals surface area contributed by atoms with Gasteiger partial charge in [-0.05, 0) is 24.7 Å². The molecule has 0 atom stereocenters. The van der Waals surface area contributed by atoms with Crippen LogP contribution in [0.4, 0.5) is 0 Å². The van der Waals surface area contributed by atoms with Gasteiger partial charge in [-0.1, -0.05) is 34.3 Å². The largest absolute Gasteiger partial charge is 0.419 e. The number of cyclic esters (lactones) is 2. The van der Waals surface area contributed by atoms with Crippen molar-refractivity contribution in [3.8, 4) is 0 Å². The molecule has 108 valence electrons. The summed E-state index contributed by atoms with van der Waals surface area (Å²) in [6, 6.07) is 0. The Morgan fingerprint density at radius 1 is 0.947 bits per heavy atom. The minimum absolute atomic E-state index is 0.218. The first-order valence-electron chi connectivity index (χ1n) is 6.91. The lowest BCUT2D eigenvalue weighted by molar-refractivity contribution is -0.241. The van der Waals surface area contributed by atoms with Crippen LogP contribution in [0.15, 0.2) is 12.2 Å². The second-order valence-corrected chi connectivity index (χ2v) is 6.03. The topological polar surface area (TPSA) is 52.6 Å². The van der Waals surface area contributed by atoms with Crippen molar-refractivity contribution in [1.82, 2.24) is 0 Å². The third kappa shape index (κ3) is 4.37. The molecule has 0 bridgehead atoms. The number of rotatable bonds is 6. The first-order valence-corrected chi connectivity index (χ1v) is 6.91. The maximum Gasteiger partial charge on any atom is 0.348 e. The molecule has 0 amide bonds. The molecule has 0 aliphatic carbocycles. The Labute approximate surface area is 115 Å². The molecule has 1 aliphatic heterocycles. The number of carbonyl (C=O) groups is 2. The van der Waals surface area contributed by atoms with Gasteiger partial charge in [-0.2, -0.15) is 0 Å². The number of hydrogen-bond acceptors (Lipinski definition) is 4. The maximum atomic E-state index is 11.7. The Morgan fingerprint density at radius 3 is 1.63 bits per heavy atom. The summed E-state index contributed by atoms with van der Waals surface area (Å²) in [7, 11) is 0. The predicted molar refractivity (Wildman–Crippen MR) is 72.2 cm³/mol. The summed E-state index contributed by atoms with van der Waals surface area (Å²) in [5.74, 6) is -1.48. The van der Waals surface area contributed by atoms with Gasteiger partial charge in [0, 0.05) is 12.8 Å². The smallest absolute Gasteiger partial charge is 0.348 e. The van der Waals surface area contributed by atoms with Crippen molar-refractivity contribution in [2.24, 2.45) is 11.8 Å². The molecule has 1 aliphatic rings. The highest BCUT2D eigenvalue weighted by Crippen LogP contribution is 2.34. The Morgan fingerprint density at radius 2 is 1.32 bits per heavy atom. The summed E-state index contributed by atoms with van der Waals surface area (Å²) >= 11 is 0. The van der Waals surface area contributed by atoms with Gasteiger partial charge in [0.05, 0.1) is 0 Å². The van der Waals surface area contributed by atoms with E-state index in [4.69, 9.17) is 9.47 Å². The fourth-order valence-electron chi connectivity index (χ4n) is 1.91. The zero-order valence-corrected chi connectivity index (χ0v) is 12.3. The lowest BCUT2D eigenvalue weighted by Crippen LogP contribution is -2.46. The van der Waals surface area contributed by atoms with Crippen LogP contribution in [-0.4, -0.2) is 17.7 Å². The van der Waals surface area contributed by atoms with Gasteiger partial charge in [-0.25, -0.2) is 9.59 Å². The molecule has 19 heavy (non-hydrogen) atoms. The van der Waals surface area contributed by atoms with E-state index in [1.165, 1.54) is 0 Å². The second kappa shape index (κ2) is 6.22. The van der Waals surface area contributed by atoms with E-state index in [-0.39, 0.29) is 5.57 Å². The lowest BCUT2D eigenvalue weighted by atomic mass is 9.94. The van der Waals surface area contributed by atoms with Crippen LogP contribution in [0.5, 0.6) is 0 Å². The van der Waals surface area contributed by atoms with Gasteiger partial charge >= 0.3 is 11.9 Å². The van der Waals surface area contributed by atoms with Crippen molar-refractivity contribution in [3.05, 3.63) is 12.2 Å². The third-order valence-corrected chi connectivity index (χ3v) is 3.26. The molecule has 4 nitrogen and oxygen atoms in total. The second-order valence-electron chi connectivity index (χ2n) is 6.03. The van der Waals surface area contributed by atoms with Crippen molar-refractivity contribution in [1.29, 1.82) is 0 Å². The molecule has 1 fully saturated rings. The molecule has 0 radical (unpaired) electrons. The number of carbonyl (C=O) groups excluding carboxylic acids is 2. The molecule has 0 spiro atoms. The normalized spacial score (nSPS) is 18.7. The van der Waals surface area contributed by atoms with E-state index in [2.05, 4.69) is 34.3 Å². The first-order chi connectivity index (χ1) is 8.76. The Kier molecular flexibility index (Phi) is 5.15. The van der Waals surface area contributed by atoms with Crippen LogP contribution in [-0.2, 0) is 19.1 Å². The molecule has 0 unspecified atom stereocenters. The molecule has 0 N–H and O–H groups in total. The first kappa shape index (κ1) is 15.7. The number of esters is 2. The molecule has 0 aromatic carbocycles. The highest BCUT2D eigenvalue weighted by molar-refractivity contribution is 6.14. The average Bonchev–Trinajstić information content (AvgIpc) is 2.31. The van der Waals surface area contributed by atoms with Gasteiger partial charge in [-0.15, -0.1) is 0 Å². The fourth-order valence-corrected chi connectivity index (χ4v) is 1.91. The standard InChI is InChI=1S/C15H24O4/c1-10(2)6-8-15(9-7-11(3)4)18-13(16)12(5)14(17)19-15/h10-11H,5-9H2,1-4H3. The van der Waals surface area contributed by atoms with Crippen molar-refractivity contribution < 1.29 is 19.1 Å². The van der Waals surface area contributed by atoms with Crippen molar-refractivity contribution in [3.63, 3.8) is 0 Å². The summed E-state index contributed by atoms with van der Waals surface area (Å²) in [6.45, 7) is 11.7. The van der Waals surface area contributed by atoms with Gasteiger partial charge in [0.25, 0.3) is 5.79 Å². The third-order valence-electron chi connectivity index (χ3n) is 3.26. The van der Waals surface area contributed by atoms with Crippen molar-refractivity contribution >= 4 is 11.9 Å². The predicted octanol–water partition coefficient (Wildman–Crippen LogP) is 3.21. The van der Waals surface area contributed by atoms with E-state index >= 15 is 0 Å². The maximum absolute atomic E-state index is 11.7. The molecule has 1 rings (SSSR count). The zero-order chi connectivity index (χ0) is 14.6. The monoisotopic (exact) mass is 268 g/mol. The van der Waals surface area contributed by atoms with E-state index in [0.717, 1.165) is 12.8 Å². The van der Waals surface area contributed by atoms with Gasteiger partial charge in [0.2, 0.25) is 0 Å². The van der Waals surface area contributed by atoms with Crippen LogP contribution in [0.25, 0.3) is 0 Å². The van der Waals surface area contributed by atoms with Crippen molar-refractivity contribution in [2.45, 2.75) is 59.2 Å².